The van der Waals surface area contributed by atoms with E-state index in [1.54, 1.807) is 55.5 Å². The Labute approximate surface area is 175 Å². The number of carbonyl (C=O) groups excluding carboxylic acids is 3. The first-order valence-electron chi connectivity index (χ1n) is 9.70. The molecule has 2 rings (SSSR count). The number of hydrogen-bond donors (Lipinski definition) is 3. The fourth-order valence-electron chi connectivity index (χ4n) is 2.48. The van der Waals surface area contributed by atoms with Crippen molar-refractivity contribution in [2.75, 3.05) is 18.5 Å². The van der Waals surface area contributed by atoms with Crippen molar-refractivity contribution < 1.29 is 23.9 Å². The molecule has 2 aromatic rings. The highest BCUT2D eigenvalue weighted by atomic mass is 16.6. The van der Waals surface area contributed by atoms with E-state index in [1.165, 1.54) is 0 Å². The van der Waals surface area contributed by atoms with Crippen LogP contribution in [0.2, 0.25) is 0 Å². The summed E-state index contributed by atoms with van der Waals surface area (Å²) in [6.45, 7) is 5.94. The Kier molecular flexibility index (Phi) is 8.68. The van der Waals surface area contributed by atoms with Gasteiger partial charge in [0.05, 0.1) is 6.61 Å². The van der Waals surface area contributed by atoms with Gasteiger partial charge < -0.3 is 25.4 Å². The number of benzene rings is 2. The molecular formula is C22H27N3O5. The highest BCUT2D eigenvalue weighted by Crippen LogP contribution is 2.18. The van der Waals surface area contributed by atoms with Gasteiger partial charge in [-0.3, -0.25) is 4.79 Å². The van der Waals surface area contributed by atoms with Gasteiger partial charge in [-0.15, -0.1) is 0 Å². The van der Waals surface area contributed by atoms with Crippen molar-refractivity contribution in [2.24, 2.45) is 0 Å². The van der Waals surface area contributed by atoms with E-state index in [0.29, 0.717) is 23.5 Å². The first-order chi connectivity index (χ1) is 14.4. The molecule has 0 saturated heterocycles. The molecule has 0 aromatic heterocycles. The second-order valence-electron chi connectivity index (χ2n) is 6.75. The molecule has 3 N–H and O–H groups in total. The van der Waals surface area contributed by atoms with E-state index < -0.39 is 5.97 Å². The maximum absolute atomic E-state index is 12.5. The van der Waals surface area contributed by atoms with Crippen LogP contribution in [-0.2, 0) is 16.1 Å². The molecule has 0 atom stereocenters. The zero-order valence-corrected chi connectivity index (χ0v) is 17.4. The molecule has 2 aromatic carbocycles. The van der Waals surface area contributed by atoms with Crippen molar-refractivity contribution in [2.45, 2.75) is 33.4 Å². The fourth-order valence-corrected chi connectivity index (χ4v) is 2.48. The van der Waals surface area contributed by atoms with Gasteiger partial charge in [0.15, 0.2) is 6.61 Å². The second-order valence-corrected chi connectivity index (χ2v) is 6.75. The molecule has 8 heteroatoms. The molecule has 0 aliphatic carbocycles. The molecule has 8 nitrogen and oxygen atoms in total. The normalized spacial score (nSPS) is 10.3. The minimum absolute atomic E-state index is 0.0603. The summed E-state index contributed by atoms with van der Waals surface area (Å²) in [5.74, 6) is -0.292. The molecule has 0 unspecified atom stereocenters. The summed E-state index contributed by atoms with van der Waals surface area (Å²) < 4.78 is 10.2. The summed E-state index contributed by atoms with van der Waals surface area (Å²) in [4.78, 5) is 35.5. The lowest BCUT2D eigenvalue weighted by Crippen LogP contribution is -2.39. The lowest BCUT2D eigenvalue weighted by molar-refractivity contribution is -0.145. The molecule has 0 spiro atoms. The second kappa shape index (κ2) is 11.5. The number of esters is 1. The van der Waals surface area contributed by atoms with Crippen LogP contribution in [0.4, 0.5) is 10.5 Å². The molecule has 30 heavy (non-hydrogen) atoms. The highest BCUT2D eigenvalue weighted by Gasteiger charge is 2.09. The molecular weight excluding hydrogens is 386 g/mol. The third-order valence-electron chi connectivity index (χ3n) is 3.84. The summed E-state index contributed by atoms with van der Waals surface area (Å²) in [5, 5.41) is 8.29. The number of hydrogen-bond acceptors (Lipinski definition) is 5. The van der Waals surface area contributed by atoms with Crippen molar-refractivity contribution >= 4 is 23.6 Å². The monoisotopic (exact) mass is 413 g/mol. The van der Waals surface area contributed by atoms with Crippen molar-refractivity contribution in [1.29, 1.82) is 0 Å². The SMILES string of the molecule is CCOC(=O)COc1cccc(NC(=O)c2ccc(CNC(=O)NC(C)C)cc2)c1. The first kappa shape index (κ1) is 22.7. The minimum Gasteiger partial charge on any atom is -0.482 e. The summed E-state index contributed by atoms with van der Waals surface area (Å²) in [6.07, 6.45) is 0. The predicted octanol–water partition coefficient (Wildman–Crippen LogP) is 3.09. The average molecular weight is 413 g/mol. The molecule has 0 heterocycles. The summed E-state index contributed by atoms with van der Waals surface area (Å²) in [7, 11) is 0. The van der Waals surface area contributed by atoms with E-state index in [0.717, 1.165) is 5.56 Å². The van der Waals surface area contributed by atoms with Crippen LogP contribution in [-0.4, -0.2) is 37.2 Å². The van der Waals surface area contributed by atoms with Gasteiger partial charge in [-0.25, -0.2) is 9.59 Å². The highest BCUT2D eigenvalue weighted by molar-refractivity contribution is 6.04. The topological polar surface area (TPSA) is 106 Å². The van der Waals surface area contributed by atoms with E-state index in [2.05, 4.69) is 16.0 Å². The van der Waals surface area contributed by atoms with Gasteiger partial charge in [0.25, 0.3) is 5.91 Å². The van der Waals surface area contributed by atoms with Crippen LogP contribution >= 0.6 is 0 Å². The standard InChI is InChI=1S/C22H27N3O5/c1-4-29-20(26)14-30-19-7-5-6-18(12-19)25-21(27)17-10-8-16(9-11-17)13-23-22(28)24-15(2)3/h5-12,15H,4,13-14H2,1-3H3,(H,25,27)(H2,23,24,28). The van der Waals surface area contributed by atoms with E-state index in [1.807, 2.05) is 13.8 Å². The van der Waals surface area contributed by atoms with Gasteiger partial charge in [0, 0.05) is 29.9 Å². The van der Waals surface area contributed by atoms with Crippen LogP contribution in [0.15, 0.2) is 48.5 Å². The number of ether oxygens (including phenoxy) is 2. The molecule has 0 aliphatic heterocycles. The Morgan fingerprint density at radius 3 is 2.43 bits per heavy atom. The van der Waals surface area contributed by atoms with Gasteiger partial charge in [-0.2, -0.15) is 0 Å². The van der Waals surface area contributed by atoms with Gasteiger partial charge >= 0.3 is 12.0 Å². The maximum Gasteiger partial charge on any atom is 0.344 e. The largest absolute Gasteiger partial charge is 0.482 e. The number of anilines is 1. The summed E-state index contributed by atoms with van der Waals surface area (Å²) in [5.41, 5.74) is 1.89. The quantitative estimate of drug-likeness (QED) is 0.548. The summed E-state index contributed by atoms with van der Waals surface area (Å²) in [6, 6.07) is 13.5. The van der Waals surface area contributed by atoms with E-state index in [4.69, 9.17) is 9.47 Å². The predicted molar refractivity (Wildman–Crippen MR) is 113 cm³/mol. The molecule has 0 radical (unpaired) electrons. The average Bonchev–Trinajstić information content (AvgIpc) is 2.71. The Hall–Kier alpha value is -3.55. The Morgan fingerprint density at radius 1 is 1.03 bits per heavy atom. The van der Waals surface area contributed by atoms with E-state index in [-0.39, 0.29) is 31.2 Å². The molecule has 0 saturated carbocycles. The molecule has 0 aliphatic rings. The molecule has 160 valence electrons. The van der Waals surface area contributed by atoms with Crippen LogP contribution < -0.4 is 20.7 Å². The van der Waals surface area contributed by atoms with Crippen LogP contribution in [0, 0.1) is 0 Å². The van der Waals surface area contributed by atoms with Crippen LogP contribution in [0.5, 0.6) is 5.75 Å². The first-order valence-corrected chi connectivity index (χ1v) is 9.70. The van der Waals surface area contributed by atoms with Crippen LogP contribution in [0.25, 0.3) is 0 Å². The number of urea groups is 1. The third kappa shape index (κ3) is 7.83. The van der Waals surface area contributed by atoms with E-state index >= 15 is 0 Å². The lowest BCUT2D eigenvalue weighted by Gasteiger charge is -2.11. The van der Waals surface area contributed by atoms with Crippen molar-refractivity contribution in [1.82, 2.24) is 10.6 Å². The number of amides is 3. The zero-order chi connectivity index (χ0) is 21.9. The number of rotatable bonds is 9. The Balaban J connectivity index is 1.89. The smallest absolute Gasteiger partial charge is 0.344 e. The van der Waals surface area contributed by atoms with Gasteiger partial charge in [-0.1, -0.05) is 18.2 Å². The van der Waals surface area contributed by atoms with Crippen molar-refractivity contribution in [3.05, 3.63) is 59.7 Å². The van der Waals surface area contributed by atoms with Crippen LogP contribution in [0.1, 0.15) is 36.7 Å². The van der Waals surface area contributed by atoms with Crippen molar-refractivity contribution in [3.63, 3.8) is 0 Å². The molecule has 3 amide bonds. The molecule has 0 fully saturated rings. The number of nitrogens with one attached hydrogen (secondary N) is 3. The van der Waals surface area contributed by atoms with Crippen LogP contribution in [0.3, 0.4) is 0 Å². The van der Waals surface area contributed by atoms with E-state index in [9.17, 15) is 14.4 Å². The molecule has 0 bridgehead atoms. The number of carbonyl (C=O) groups is 3. The lowest BCUT2D eigenvalue weighted by atomic mass is 10.1. The summed E-state index contributed by atoms with van der Waals surface area (Å²) >= 11 is 0. The van der Waals surface area contributed by atoms with Gasteiger partial charge in [-0.05, 0) is 50.6 Å². The van der Waals surface area contributed by atoms with Gasteiger partial charge in [0.2, 0.25) is 0 Å². The van der Waals surface area contributed by atoms with Crippen molar-refractivity contribution in [3.8, 4) is 5.75 Å². The third-order valence-corrected chi connectivity index (χ3v) is 3.84. The Morgan fingerprint density at radius 2 is 1.77 bits per heavy atom. The minimum atomic E-state index is -0.455. The zero-order valence-electron chi connectivity index (χ0n) is 17.4. The fraction of sp³-hybridized carbons (Fsp3) is 0.318. The Bertz CT molecular complexity index is 865. The maximum atomic E-state index is 12.5. The van der Waals surface area contributed by atoms with Gasteiger partial charge in [0.1, 0.15) is 5.75 Å².